The number of benzene rings is 2. The lowest BCUT2D eigenvalue weighted by Crippen LogP contribution is -2.44. The third-order valence-corrected chi connectivity index (χ3v) is 5.43. The minimum absolute atomic E-state index is 0.162. The van der Waals surface area contributed by atoms with Crippen LogP contribution in [0.3, 0.4) is 0 Å². The van der Waals surface area contributed by atoms with E-state index in [2.05, 4.69) is 4.72 Å². The molecule has 2 aromatic rings. The van der Waals surface area contributed by atoms with Crippen LogP contribution in [0.2, 0.25) is 0 Å². The molecule has 0 saturated carbocycles. The van der Waals surface area contributed by atoms with Crippen molar-refractivity contribution in [2.24, 2.45) is 0 Å². The summed E-state index contributed by atoms with van der Waals surface area (Å²) in [4.78, 5) is 0. The standard InChI is InChI=1S/C16H17F3N2O4S2/c1-26(22,23)20-14(12-8-4-2-5-9-12)15(13-10-6-3-7-11-13)21-27(24,25)16(17,18)19/h2-11,14-15,20-21H,1H3/t14-,15-/m1/s1. The Morgan fingerprint density at radius 2 is 1.11 bits per heavy atom. The number of nitrogens with one attached hydrogen (secondary N) is 2. The van der Waals surface area contributed by atoms with E-state index in [9.17, 15) is 30.0 Å². The van der Waals surface area contributed by atoms with Crippen LogP contribution >= 0.6 is 0 Å². The predicted octanol–water partition coefficient (Wildman–Crippen LogP) is 2.46. The summed E-state index contributed by atoms with van der Waals surface area (Å²) in [5.41, 5.74) is -5.09. The van der Waals surface area contributed by atoms with E-state index in [0.29, 0.717) is 5.56 Å². The Labute approximate surface area is 155 Å². The topological polar surface area (TPSA) is 92.3 Å². The van der Waals surface area contributed by atoms with Crippen molar-refractivity contribution in [2.45, 2.75) is 17.6 Å². The second kappa shape index (κ2) is 7.97. The van der Waals surface area contributed by atoms with E-state index in [1.807, 2.05) is 0 Å². The van der Waals surface area contributed by atoms with Gasteiger partial charge in [0.25, 0.3) is 0 Å². The Morgan fingerprint density at radius 3 is 1.44 bits per heavy atom. The van der Waals surface area contributed by atoms with Gasteiger partial charge in [-0.25, -0.2) is 21.6 Å². The second-order valence-electron chi connectivity index (χ2n) is 5.73. The molecule has 2 aromatic carbocycles. The fraction of sp³-hybridized carbons (Fsp3) is 0.250. The first-order chi connectivity index (χ1) is 12.4. The maximum Gasteiger partial charge on any atom is 0.511 e. The van der Waals surface area contributed by atoms with Crippen LogP contribution in [0, 0.1) is 0 Å². The van der Waals surface area contributed by atoms with Crippen molar-refractivity contribution < 1.29 is 30.0 Å². The van der Waals surface area contributed by atoms with Gasteiger partial charge < -0.3 is 0 Å². The number of hydrogen-bond donors (Lipinski definition) is 2. The molecule has 2 atom stereocenters. The van der Waals surface area contributed by atoms with Crippen molar-refractivity contribution in [2.75, 3.05) is 6.26 Å². The van der Waals surface area contributed by atoms with E-state index in [0.717, 1.165) is 6.26 Å². The largest absolute Gasteiger partial charge is 0.511 e. The van der Waals surface area contributed by atoms with Gasteiger partial charge in [0.2, 0.25) is 10.0 Å². The average molecular weight is 422 g/mol. The van der Waals surface area contributed by atoms with Crippen molar-refractivity contribution in [1.29, 1.82) is 0 Å². The second-order valence-corrected chi connectivity index (χ2v) is 9.22. The smallest absolute Gasteiger partial charge is 0.213 e. The number of sulfonamides is 2. The summed E-state index contributed by atoms with van der Waals surface area (Å²) in [6, 6.07) is 12.3. The number of alkyl halides is 3. The highest BCUT2D eigenvalue weighted by atomic mass is 32.2. The van der Waals surface area contributed by atoms with Crippen LogP contribution in [0.25, 0.3) is 0 Å². The molecule has 148 valence electrons. The zero-order valence-corrected chi connectivity index (χ0v) is 15.6. The molecule has 2 rings (SSSR count). The molecule has 0 aromatic heterocycles. The number of halogens is 3. The monoisotopic (exact) mass is 422 g/mol. The summed E-state index contributed by atoms with van der Waals surface area (Å²) in [5, 5.41) is 0. The van der Waals surface area contributed by atoms with Gasteiger partial charge in [-0.2, -0.15) is 17.9 Å². The van der Waals surface area contributed by atoms with Gasteiger partial charge in [-0.05, 0) is 11.1 Å². The molecule has 0 aliphatic heterocycles. The molecule has 0 aliphatic rings. The van der Waals surface area contributed by atoms with Crippen LogP contribution in [-0.4, -0.2) is 28.6 Å². The summed E-state index contributed by atoms with van der Waals surface area (Å²) in [7, 11) is -9.62. The highest BCUT2D eigenvalue weighted by molar-refractivity contribution is 7.90. The van der Waals surface area contributed by atoms with E-state index in [4.69, 9.17) is 0 Å². The van der Waals surface area contributed by atoms with E-state index in [1.54, 1.807) is 29.0 Å². The first kappa shape index (κ1) is 21.4. The molecule has 0 radical (unpaired) electrons. The Morgan fingerprint density at radius 1 is 0.741 bits per heavy atom. The molecule has 0 bridgehead atoms. The van der Waals surface area contributed by atoms with Crippen LogP contribution < -0.4 is 9.44 Å². The lowest BCUT2D eigenvalue weighted by molar-refractivity contribution is -0.0452. The lowest BCUT2D eigenvalue weighted by atomic mass is 9.95. The molecular formula is C16H17F3N2O4S2. The molecule has 0 heterocycles. The van der Waals surface area contributed by atoms with Gasteiger partial charge in [-0.1, -0.05) is 60.7 Å². The molecule has 0 aliphatic carbocycles. The SMILES string of the molecule is CS(=O)(=O)N[C@H](c1ccccc1)[C@H](NS(=O)(=O)C(F)(F)F)c1ccccc1. The Bertz CT molecular complexity index is 964. The van der Waals surface area contributed by atoms with Gasteiger partial charge in [-0.3, -0.25) is 0 Å². The third-order valence-electron chi connectivity index (χ3n) is 3.58. The molecule has 0 saturated heterocycles. The first-order valence-electron chi connectivity index (χ1n) is 7.56. The molecular weight excluding hydrogens is 405 g/mol. The quantitative estimate of drug-likeness (QED) is 0.717. The third kappa shape index (κ3) is 5.76. The number of rotatable bonds is 7. The molecule has 0 amide bonds. The molecule has 11 heteroatoms. The Balaban J connectivity index is 2.61. The van der Waals surface area contributed by atoms with Gasteiger partial charge in [0.1, 0.15) is 0 Å². The van der Waals surface area contributed by atoms with E-state index in [1.165, 1.54) is 36.4 Å². The summed E-state index contributed by atoms with van der Waals surface area (Å²) in [6.45, 7) is 0. The normalized spacial score (nSPS) is 15.3. The van der Waals surface area contributed by atoms with Gasteiger partial charge >= 0.3 is 15.5 Å². The first-order valence-corrected chi connectivity index (χ1v) is 10.9. The van der Waals surface area contributed by atoms with Crippen molar-refractivity contribution in [3.63, 3.8) is 0 Å². The average Bonchev–Trinajstić information content (AvgIpc) is 2.57. The highest BCUT2D eigenvalue weighted by Gasteiger charge is 2.48. The maximum atomic E-state index is 12.9. The molecule has 0 unspecified atom stereocenters. The van der Waals surface area contributed by atoms with Crippen LogP contribution in [0.15, 0.2) is 60.7 Å². The fourth-order valence-electron chi connectivity index (χ4n) is 2.44. The highest BCUT2D eigenvalue weighted by Crippen LogP contribution is 2.33. The summed E-state index contributed by atoms with van der Waals surface area (Å²) >= 11 is 0. The van der Waals surface area contributed by atoms with Gasteiger partial charge in [0.05, 0.1) is 18.3 Å². The van der Waals surface area contributed by atoms with Gasteiger partial charge in [0.15, 0.2) is 0 Å². The van der Waals surface area contributed by atoms with Gasteiger partial charge in [0, 0.05) is 0 Å². The number of hydrogen-bond acceptors (Lipinski definition) is 4. The minimum Gasteiger partial charge on any atom is -0.213 e. The minimum atomic E-state index is -5.74. The van der Waals surface area contributed by atoms with Gasteiger partial charge in [-0.15, -0.1) is 0 Å². The van der Waals surface area contributed by atoms with Crippen LogP contribution in [0.1, 0.15) is 23.2 Å². The lowest BCUT2D eigenvalue weighted by Gasteiger charge is -2.29. The molecule has 0 fully saturated rings. The van der Waals surface area contributed by atoms with Crippen molar-refractivity contribution in [3.8, 4) is 0 Å². The van der Waals surface area contributed by atoms with Crippen LogP contribution in [0.5, 0.6) is 0 Å². The van der Waals surface area contributed by atoms with E-state index < -0.39 is 37.6 Å². The zero-order valence-electron chi connectivity index (χ0n) is 14.0. The van der Waals surface area contributed by atoms with E-state index >= 15 is 0 Å². The van der Waals surface area contributed by atoms with Crippen LogP contribution in [0.4, 0.5) is 13.2 Å². The van der Waals surface area contributed by atoms with Crippen molar-refractivity contribution in [1.82, 2.24) is 9.44 Å². The predicted molar refractivity (Wildman–Crippen MR) is 94.5 cm³/mol. The molecule has 2 N–H and O–H groups in total. The molecule has 27 heavy (non-hydrogen) atoms. The summed E-state index contributed by atoms with van der Waals surface area (Å²) in [6.07, 6.45) is 0.837. The van der Waals surface area contributed by atoms with Crippen molar-refractivity contribution in [3.05, 3.63) is 71.8 Å². The Kier molecular flexibility index (Phi) is 6.30. The fourth-order valence-corrected chi connectivity index (χ4v) is 3.92. The zero-order chi connectivity index (χ0) is 20.3. The summed E-state index contributed by atoms with van der Waals surface area (Å²) < 4.78 is 89.6. The van der Waals surface area contributed by atoms with E-state index in [-0.39, 0.29) is 5.56 Å². The Hall–Kier alpha value is -1.95. The molecule has 6 nitrogen and oxygen atoms in total. The van der Waals surface area contributed by atoms with Crippen molar-refractivity contribution >= 4 is 20.0 Å². The maximum absolute atomic E-state index is 12.9. The molecule has 0 spiro atoms. The summed E-state index contributed by atoms with van der Waals surface area (Å²) in [5.74, 6) is 0. The van der Waals surface area contributed by atoms with Crippen LogP contribution in [-0.2, 0) is 20.0 Å².